The van der Waals surface area contributed by atoms with E-state index in [0.29, 0.717) is 19.3 Å². The van der Waals surface area contributed by atoms with Crippen LogP contribution in [0.1, 0.15) is 24.0 Å². The maximum atomic E-state index is 5.45. The van der Waals surface area contributed by atoms with Crippen LogP contribution < -0.4 is 24.8 Å². The second-order valence-electron chi connectivity index (χ2n) is 8.06. The van der Waals surface area contributed by atoms with Gasteiger partial charge in [0.2, 0.25) is 6.79 Å². The molecule has 0 spiro atoms. The van der Waals surface area contributed by atoms with Gasteiger partial charge in [-0.2, -0.15) is 0 Å². The molecule has 0 radical (unpaired) electrons. The zero-order chi connectivity index (χ0) is 21.5. The number of guanidine groups is 1. The standard InChI is InChI=1S/C24H32N4O3/c1-25-24(27-15-20-5-8-22-23(13-20)31-17-30-22)26-14-18-9-11-28(12-10-18)16-19-3-6-21(29-2)7-4-19/h3-8,13,18H,9-12,14-17H2,1-2H3,(H2,25,26,27). The monoisotopic (exact) mass is 424 g/mol. The molecular formula is C24H32N4O3. The summed E-state index contributed by atoms with van der Waals surface area (Å²) in [5, 5.41) is 6.88. The fourth-order valence-corrected chi connectivity index (χ4v) is 4.04. The van der Waals surface area contributed by atoms with E-state index in [-0.39, 0.29) is 0 Å². The average Bonchev–Trinajstić information content (AvgIpc) is 3.29. The minimum absolute atomic E-state index is 0.300. The van der Waals surface area contributed by atoms with E-state index in [1.807, 2.05) is 37.4 Å². The molecule has 0 atom stereocenters. The molecule has 4 rings (SSSR count). The van der Waals surface area contributed by atoms with Gasteiger partial charge in [0.15, 0.2) is 17.5 Å². The highest BCUT2D eigenvalue weighted by Gasteiger charge is 2.19. The minimum Gasteiger partial charge on any atom is -0.497 e. The molecule has 0 amide bonds. The summed E-state index contributed by atoms with van der Waals surface area (Å²) in [6.07, 6.45) is 2.39. The molecule has 2 aliphatic rings. The summed E-state index contributed by atoms with van der Waals surface area (Å²) >= 11 is 0. The molecule has 166 valence electrons. The number of piperidine rings is 1. The quantitative estimate of drug-likeness (QED) is 0.526. The highest BCUT2D eigenvalue weighted by molar-refractivity contribution is 5.79. The third-order valence-corrected chi connectivity index (χ3v) is 5.95. The Hall–Kier alpha value is -2.93. The summed E-state index contributed by atoms with van der Waals surface area (Å²) < 4.78 is 16.1. The summed E-state index contributed by atoms with van der Waals surface area (Å²) in [6, 6.07) is 14.4. The summed E-state index contributed by atoms with van der Waals surface area (Å²) in [5.41, 5.74) is 2.48. The van der Waals surface area contributed by atoms with E-state index in [1.165, 1.54) is 18.4 Å². The van der Waals surface area contributed by atoms with Crippen LogP contribution >= 0.6 is 0 Å². The van der Waals surface area contributed by atoms with Gasteiger partial charge in [0.05, 0.1) is 7.11 Å². The number of ether oxygens (including phenoxy) is 3. The van der Waals surface area contributed by atoms with Crippen LogP contribution in [0.4, 0.5) is 0 Å². The summed E-state index contributed by atoms with van der Waals surface area (Å²) in [4.78, 5) is 6.90. The van der Waals surface area contributed by atoms with E-state index in [1.54, 1.807) is 7.11 Å². The van der Waals surface area contributed by atoms with Crippen molar-refractivity contribution in [3.63, 3.8) is 0 Å². The molecule has 2 aromatic carbocycles. The van der Waals surface area contributed by atoms with Crippen molar-refractivity contribution in [3.8, 4) is 17.2 Å². The molecular weight excluding hydrogens is 392 g/mol. The van der Waals surface area contributed by atoms with Crippen molar-refractivity contribution in [2.24, 2.45) is 10.9 Å². The fourth-order valence-electron chi connectivity index (χ4n) is 4.04. The van der Waals surface area contributed by atoms with Gasteiger partial charge in [-0.15, -0.1) is 0 Å². The highest BCUT2D eigenvalue weighted by Crippen LogP contribution is 2.32. The fraction of sp³-hybridized carbons (Fsp3) is 0.458. The Morgan fingerprint density at radius 1 is 1.03 bits per heavy atom. The first-order valence-corrected chi connectivity index (χ1v) is 10.9. The zero-order valence-corrected chi connectivity index (χ0v) is 18.4. The van der Waals surface area contributed by atoms with Gasteiger partial charge < -0.3 is 24.8 Å². The predicted octanol–water partition coefficient (Wildman–Crippen LogP) is 3.00. The number of fused-ring (bicyclic) bond motifs is 1. The van der Waals surface area contributed by atoms with Crippen molar-refractivity contribution in [2.45, 2.75) is 25.9 Å². The van der Waals surface area contributed by atoms with Crippen LogP contribution in [0.2, 0.25) is 0 Å². The summed E-state index contributed by atoms with van der Waals surface area (Å²) in [7, 11) is 3.52. The smallest absolute Gasteiger partial charge is 0.231 e. The Morgan fingerprint density at radius 2 is 1.77 bits per heavy atom. The van der Waals surface area contributed by atoms with E-state index in [2.05, 4.69) is 32.7 Å². The number of rotatable bonds is 7. The molecule has 1 saturated heterocycles. The lowest BCUT2D eigenvalue weighted by Gasteiger charge is -2.32. The molecule has 2 heterocycles. The van der Waals surface area contributed by atoms with Crippen molar-refractivity contribution < 1.29 is 14.2 Å². The minimum atomic E-state index is 0.300. The second-order valence-corrected chi connectivity index (χ2v) is 8.06. The molecule has 2 aromatic rings. The van der Waals surface area contributed by atoms with E-state index in [0.717, 1.165) is 55.0 Å². The van der Waals surface area contributed by atoms with Gasteiger partial charge in [0.25, 0.3) is 0 Å². The SMILES string of the molecule is CN=C(NCc1ccc2c(c1)OCO2)NCC1CCN(Cc2ccc(OC)cc2)CC1. The molecule has 2 N–H and O–H groups in total. The molecule has 1 fully saturated rings. The van der Waals surface area contributed by atoms with Crippen LogP contribution in [0.25, 0.3) is 0 Å². The van der Waals surface area contributed by atoms with Gasteiger partial charge in [-0.25, -0.2) is 0 Å². The lowest BCUT2D eigenvalue weighted by atomic mass is 9.96. The summed E-state index contributed by atoms with van der Waals surface area (Å²) in [6.45, 7) is 5.19. The Kier molecular flexibility index (Phi) is 7.14. The van der Waals surface area contributed by atoms with Gasteiger partial charge in [0.1, 0.15) is 5.75 Å². The average molecular weight is 425 g/mol. The first-order valence-electron chi connectivity index (χ1n) is 10.9. The maximum absolute atomic E-state index is 5.45. The molecule has 0 bridgehead atoms. The van der Waals surface area contributed by atoms with Crippen molar-refractivity contribution >= 4 is 5.96 Å². The number of aliphatic imine (C=N–C) groups is 1. The first kappa shape index (κ1) is 21.3. The normalized spacial score (nSPS) is 16.9. The number of methoxy groups -OCH3 is 1. The number of hydrogen-bond acceptors (Lipinski definition) is 5. The third kappa shape index (κ3) is 5.82. The Morgan fingerprint density at radius 3 is 2.52 bits per heavy atom. The van der Waals surface area contributed by atoms with E-state index in [9.17, 15) is 0 Å². The Bertz CT molecular complexity index is 877. The Labute approximate surface area is 184 Å². The van der Waals surface area contributed by atoms with E-state index < -0.39 is 0 Å². The number of likely N-dealkylation sites (tertiary alicyclic amines) is 1. The number of hydrogen-bond donors (Lipinski definition) is 2. The Balaban J connectivity index is 1.17. The molecule has 0 saturated carbocycles. The lowest BCUT2D eigenvalue weighted by Crippen LogP contribution is -2.42. The molecule has 31 heavy (non-hydrogen) atoms. The highest BCUT2D eigenvalue weighted by atomic mass is 16.7. The molecule has 7 nitrogen and oxygen atoms in total. The van der Waals surface area contributed by atoms with Crippen LogP contribution in [0, 0.1) is 5.92 Å². The topological polar surface area (TPSA) is 67.4 Å². The number of nitrogens with one attached hydrogen (secondary N) is 2. The van der Waals surface area contributed by atoms with E-state index >= 15 is 0 Å². The first-order chi connectivity index (χ1) is 15.2. The van der Waals surface area contributed by atoms with Crippen molar-refractivity contribution in [1.29, 1.82) is 0 Å². The number of benzene rings is 2. The zero-order valence-electron chi connectivity index (χ0n) is 18.4. The lowest BCUT2D eigenvalue weighted by molar-refractivity contribution is 0.174. The van der Waals surface area contributed by atoms with Gasteiger partial charge in [-0.3, -0.25) is 9.89 Å². The van der Waals surface area contributed by atoms with Gasteiger partial charge in [-0.1, -0.05) is 18.2 Å². The van der Waals surface area contributed by atoms with Crippen LogP contribution in [0.5, 0.6) is 17.2 Å². The molecule has 2 aliphatic heterocycles. The van der Waals surface area contributed by atoms with Gasteiger partial charge >= 0.3 is 0 Å². The van der Waals surface area contributed by atoms with Crippen molar-refractivity contribution in [3.05, 3.63) is 53.6 Å². The third-order valence-electron chi connectivity index (χ3n) is 5.95. The predicted molar refractivity (Wildman–Crippen MR) is 122 cm³/mol. The maximum Gasteiger partial charge on any atom is 0.231 e. The molecule has 7 heteroatoms. The summed E-state index contributed by atoms with van der Waals surface area (Å²) in [5.74, 6) is 4.02. The second kappa shape index (κ2) is 10.4. The molecule has 0 aromatic heterocycles. The van der Waals surface area contributed by atoms with Crippen LogP contribution in [0.3, 0.4) is 0 Å². The molecule has 0 aliphatic carbocycles. The van der Waals surface area contributed by atoms with Crippen LogP contribution in [0.15, 0.2) is 47.5 Å². The largest absolute Gasteiger partial charge is 0.497 e. The van der Waals surface area contributed by atoms with Crippen molar-refractivity contribution in [2.75, 3.05) is 40.6 Å². The van der Waals surface area contributed by atoms with Gasteiger partial charge in [-0.05, 0) is 67.2 Å². The van der Waals surface area contributed by atoms with E-state index in [4.69, 9.17) is 14.2 Å². The molecule has 0 unspecified atom stereocenters. The van der Waals surface area contributed by atoms with Crippen LogP contribution in [-0.2, 0) is 13.1 Å². The van der Waals surface area contributed by atoms with Gasteiger partial charge in [0, 0.05) is 26.7 Å². The number of nitrogens with zero attached hydrogens (tertiary/aromatic N) is 2. The van der Waals surface area contributed by atoms with Crippen LogP contribution in [-0.4, -0.2) is 51.4 Å². The van der Waals surface area contributed by atoms with Crippen molar-refractivity contribution in [1.82, 2.24) is 15.5 Å².